The van der Waals surface area contributed by atoms with E-state index in [2.05, 4.69) is 15.9 Å². The molecule has 2 atom stereocenters. The summed E-state index contributed by atoms with van der Waals surface area (Å²) in [5.74, 6) is 1.52. The highest BCUT2D eigenvalue weighted by atomic mass is 79.9. The van der Waals surface area contributed by atoms with Gasteiger partial charge < -0.3 is 9.64 Å². The van der Waals surface area contributed by atoms with Crippen LogP contribution in [0.2, 0.25) is 0 Å². The Morgan fingerprint density at radius 2 is 1.95 bits per heavy atom. The zero-order chi connectivity index (χ0) is 15.5. The molecule has 2 unspecified atom stereocenters. The predicted octanol–water partition coefficient (Wildman–Crippen LogP) is 4.07. The maximum Gasteiger partial charge on any atom is 0.259 e. The van der Waals surface area contributed by atoms with Gasteiger partial charge in [0.1, 0.15) is 5.60 Å². The second kappa shape index (κ2) is 5.07. The van der Waals surface area contributed by atoms with Crippen LogP contribution in [-0.4, -0.2) is 24.7 Å². The van der Waals surface area contributed by atoms with Crippen molar-refractivity contribution < 1.29 is 9.53 Å². The summed E-state index contributed by atoms with van der Waals surface area (Å²) in [4.78, 5) is 15.1. The fourth-order valence-corrected chi connectivity index (χ4v) is 5.32. The number of amides is 1. The normalized spacial score (nSPS) is 35.7. The van der Waals surface area contributed by atoms with Crippen LogP contribution in [0.25, 0.3) is 0 Å². The highest BCUT2D eigenvalue weighted by Gasteiger charge is 2.56. The summed E-state index contributed by atoms with van der Waals surface area (Å²) >= 11 is 3.56. The van der Waals surface area contributed by atoms with Gasteiger partial charge in [-0.3, -0.25) is 4.79 Å². The van der Waals surface area contributed by atoms with Crippen LogP contribution in [0.1, 0.15) is 37.7 Å². The maximum absolute atomic E-state index is 13.2. The Balaban J connectivity index is 1.65. The third kappa shape index (κ3) is 2.15. The van der Waals surface area contributed by atoms with Gasteiger partial charge in [0.15, 0.2) is 0 Å². The number of carbonyl (C=O) groups excluding carboxylic acids is 1. The van der Waals surface area contributed by atoms with E-state index in [1.54, 1.807) is 0 Å². The minimum Gasteiger partial charge on any atom is -0.362 e. The number of hydrogen-bond donors (Lipinski definition) is 0. The van der Waals surface area contributed by atoms with Crippen LogP contribution >= 0.6 is 15.9 Å². The number of likely N-dealkylation sites (N-methyl/N-ethyl adjacent to an activating group) is 1. The number of carbonyl (C=O) groups is 1. The van der Waals surface area contributed by atoms with E-state index in [0.29, 0.717) is 17.9 Å². The molecule has 22 heavy (non-hydrogen) atoms. The van der Waals surface area contributed by atoms with Crippen molar-refractivity contribution >= 4 is 27.5 Å². The van der Waals surface area contributed by atoms with Crippen molar-refractivity contribution in [3.8, 4) is 0 Å². The van der Waals surface area contributed by atoms with Crippen molar-refractivity contribution in [3.63, 3.8) is 0 Å². The molecular weight excluding hydrogens is 342 g/mol. The van der Waals surface area contributed by atoms with Crippen LogP contribution in [0.3, 0.4) is 0 Å². The average molecular weight is 364 g/mol. The number of hydrogen-bond acceptors (Lipinski definition) is 2. The van der Waals surface area contributed by atoms with Crippen LogP contribution in [0.15, 0.2) is 22.7 Å². The van der Waals surface area contributed by atoms with E-state index in [0.717, 1.165) is 41.4 Å². The molecule has 118 valence electrons. The van der Waals surface area contributed by atoms with Crippen LogP contribution in [0, 0.1) is 18.8 Å². The SMILES string of the molecule is Cc1c(Br)cccc1N(C)C(=O)C12CC3CC(CC(C3)O1)C2. The molecule has 4 aliphatic rings. The molecule has 2 heterocycles. The fraction of sp³-hybridized carbons (Fsp3) is 0.611. The quantitative estimate of drug-likeness (QED) is 0.792. The highest BCUT2D eigenvalue weighted by molar-refractivity contribution is 9.10. The summed E-state index contributed by atoms with van der Waals surface area (Å²) in [6.45, 7) is 2.05. The van der Waals surface area contributed by atoms with Crippen LogP contribution in [0.4, 0.5) is 5.69 Å². The molecule has 4 heteroatoms. The predicted molar refractivity (Wildman–Crippen MR) is 90.0 cm³/mol. The van der Waals surface area contributed by atoms with Crippen molar-refractivity contribution in [1.29, 1.82) is 0 Å². The summed E-state index contributed by atoms with van der Waals surface area (Å²) in [5, 5.41) is 0. The zero-order valence-electron chi connectivity index (χ0n) is 13.1. The summed E-state index contributed by atoms with van der Waals surface area (Å²) in [6.07, 6.45) is 5.75. The van der Waals surface area contributed by atoms with E-state index in [9.17, 15) is 4.79 Å². The van der Waals surface area contributed by atoms with Crippen molar-refractivity contribution in [2.75, 3.05) is 11.9 Å². The molecule has 1 aromatic rings. The van der Waals surface area contributed by atoms with Gasteiger partial charge in [0.25, 0.3) is 5.91 Å². The van der Waals surface area contributed by atoms with Gasteiger partial charge in [-0.2, -0.15) is 0 Å². The number of halogens is 1. The molecule has 0 aromatic heterocycles. The number of benzene rings is 1. The van der Waals surface area contributed by atoms with Crippen molar-refractivity contribution in [2.45, 2.75) is 50.7 Å². The first-order valence-corrected chi connectivity index (χ1v) is 8.99. The number of nitrogens with zero attached hydrogens (tertiary/aromatic N) is 1. The van der Waals surface area contributed by atoms with Gasteiger partial charge in [0.2, 0.25) is 0 Å². The lowest BCUT2D eigenvalue weighted by Gasteiger charge is -2.56. The molecule has 5 rings (SSSR count). The molecule has 2 saturated heterocycles. The molecular formula is C18H22BrNO2. The number of ether oxygens (including phenoxy) is 1. The standard InChI is InChI=1S/C18H22BrNO2/c1-11-15(19)4-3-5-16(11)20(2)17(21)18-9-12-6-13(10-18)8-14(7-12)22-18/h3-5,12-14H,6-10H2,1-2H3. The molecule has 1 aromatic carbocycles. The number of anilines is 1. The van der Waals surface area contributed by atoms with Gasteiger partial charge in [-0.1, -0.05) is 22.0 Å². The smallest absolute Gasteiger partial charge is 0.259 e. The molecule has 0 spiro atoms. The maximum atomic E-state index is 13.2. The summed E-state index contributed by atoms with van der Waals surface area (Å²) in [7, 11) is 1.89. The number of rotatable bonds is 2. The monoisotopic (exact) mass is 363 g/mol. The van der Waals surface area contributed by atoms with E-state index in [-0.39, 0.29) is 5.91 Å². The van der Waals surface area contributed by atoms with E-state index in [1.165, 1.54) is 6.42 Å². The van der Waals surface area contributed by atoms with Gasteiger partial charge in [0, 0.05) is 17.2 Å². The minimum absolute atomic E-state index is 0.146. The highest BCUT2D eigenvalue weighted by Crippen LogP contribution is 2.53. The molecule has 4 fully saturated rings. The van der Waals surface area contributed by atoms with E-state index in [1.807, 2.05) is 37.1 Å². The molecule has 0 radical (unpaired) electrons. The van der Waals surface area contributed by atoms with E-state index < -0.39 is 5.60 Å². The Labute approximate surface area is 140 Å². The third-order valence-electron chi connectivity index (χ3n) is 5.78. The molecule has 1 amide bonds. The minimum atomic E-state index is -0.557. The van der Waals surface area contributed by atoms with Crippen molar-refractivity contribution in [1.82, 2.24) is 0 Å². The van der Waals surface area contributed by atoms with Gasteiger partial charge >= 0.3 is 0 Å². The second-order valence-electron chi connectivity index (χ2n) is 7.33. The summed E-state index contributed by atoms with van der Waals surface area (Å²) < 4.78 is 7.32. The summed E-state index contributed by atoms with van der Waals surface area (Å²) in [5.41, 5.74) is 1.51. The molecule has 4 bridgehead atoms. The molecule has 2 aliphatic carbocycles. The van der Waals surface area contributed by atoms with Crippen LogP contribution in [0.5, 0.6) is 0 Å². The summed E-state index contributed by atoms with van der Waals surface area (Å²) in [6, 6.07) is 6.01. The Morgan fingerprint density at radius 3 is 2.59 bits per heavy atom. The average Bonchev–Trinajstić information content (AvgIpc) is 2.47. The second-order valence-corrected chi connectivity index (χ2v) is 8.18. The fourth-order valence-electron chi connectivity index (χ4n) is 4.96. The Morgan fingerprint density at radius 1 is 1.27 bits per heavy atom. The van der Waals surface area contributed by atoms with E-state index in [4.69, 9.17) is 4.74 Å². The Bertz CT molecular complexity index is 592. The third-order valence-corrected chi connectivity index (χ3v) is 6.64. The molecule has 0 N–H and O–H groups in total. The first-order valence-electron chi connectivity index (χ1n) is 8.19. The van der Waals surface area contributed by atoms with E-state index >= 15 is 0 Å². The first-order chi connectivity index (χ1) is 10.5. The van der Waals surface area contributed by atoms with Gasteiger partial charge in [0.05, 0.1) is 6.10 Å². The van der Waals surface area contributed by atoms with Crippen molar-refractivity contribution in [2.24, 2.45) is 11.8 Å². The van der Waals surface area contributed by atoms with Gasteiger partial charge in [-0.25, -0.2) is 0 Å². The van der Waals surface area contributed by atoms with Gasteiger partial charge in [-0.15, -0.1) is 0 Å². The molecule has 2 saturated carbocycles. The topological polar surface area (TPSA) is 29.5 Å². The lowest BCUT2D eigenvalue weighted by molar-refractivity contribution is -0.216. The molecule has 2 aliphatic heterocycles. The Hall–Kier alpha value is -0.870. The largest absolute Gasteiger partial charge is 0.362 e. The zero-order valence-corrected chi connectivity index (χ0v) is 14.7. The lowest BCUT2D eigenvalue weighted by atomic mass is 9.62. The van der Waals surface area contributed by atoms with Crippen LogP contribution in [-0.2, 0) is 9.53 Å². The van der Waals surface area contributed by atoms with Crippen molar-refractivity contribution in [3.05, 3.63) is 28.2 Å². The van der Waals surface area contributed by atoms with Gasteiger partial charge in [-0.05, 0) is 68.6 Å². The first kappa shape index (κ1) is 14.7. The lowest BCUT2D eigenvalue weighted by Crippen LogP contribution is -2.62. The Kier molecular flexibility index (Phi) is 3.39. The van der Waals surface area contributed by atoms with Crippen LogP contribution < -0.4 is 4.90 Å². The molecule has 3 nitrogen and oxygen atoms in total.